The number of methoxy groups -OCH3 is 1. The van der Waals surface area contributed by atoms with Gasteiger partial charge < -0.3 is 15.6 Å². The highest BCUT2D eigenvalue weighted by Crippen LogP contribution is 2.03. The molecule has 0 rings (SSSR count). The van der Waals surface area contributed by atoms with Crippen molar-refractivity contribution >= 4 is 17.0 Å². The lowest BCUT2D eigenvalue weighted by Gasteiger charge is -2.20. The highest BCUT2D eigenvalue weighted by Gasteiger charge is 2.16. The number of rotatable bonds is 1. The molecule has 0 saturated heterocycles. The molecule has 0 radical (unpaired) electrons. The first kappa shape index (κ1) is 14.2. The summed E-state index contributed by atoms with van der Waals surface area (Å²) >= 11 is 4.60. The molecule has 0 unspecified atom stereocenters. The summed E-state index contributed by atoms with van der Waals surface area (Å²) < 4.78 is 3.88. The van der Waals surface area contributed by atoms with Gasteiger partial charge in [0.1, 0.15) is 0 Å². The summed E-state index contributed by atoms with van der Waals surface area (Å²) in [5, 5.41) is 8.97. The first-order valence-corrected chi connectivity index (χ1v) is 3.81. The number of aliphatic hydroxyl groups is 1. The fourth-order valence-electron chi connectivity index (χ4n) is 0. The quantitative estimate of drug-likeness (QED) is 0.618. The average molecular weight is 198 g/mol. The van der Waals surface area contributed by atoms with Crippen LogP contribution in [-0.2, 0) is 4.74 Å². The molecule has 0 aromatic heterocycles. The maximum Gasteiger partial charge on any atom is 0.403 e. The van der Waals surface area contributed by atoms with Crippen molar-refractivity contribution < 1.29 is 14.6 Å². The summed E-state index contributed by atoms with van der Waals surface area (Å²) in [6.45, 7) is 5.16. The Morgan fingerprint density at radius 2 is 1.83 bits per heavy atom. The van der Waals surface area contributed by atoms with Gasteiger partial charge in [-0.2, -0.15) is 0 Å². The molecule has 0 amide bonds. The van der Waals surface area contributed by atoms with Crippen LogP contribution in [0.3, 0.4) is 0 Å². The lowest BCUT2D eigenvalue weighted by Crippen LogP contribution is -2.40. The van der Waals surface area contributed by atoms with Crippen LogP contribution in [0, 0.1) is 0 Å². The molecule has 0 aliphatic heterocycles. The van der Waals surface area contributed by atoms with Crippen molar-refractivity contribution in [3.05, 3.63) is 0 Å². The van der Waals surface area contributed by atoms with Crippen LogP contribution in [-0.4, -0.2) is 29.3 Å². The molecular formula is C7H16ClNO3. The van der Waals surface area contributed by atoms with Crippen molar-refractivity contribution in [3.63, 3.8) is 0 Å². The van der Waals surface area contributed by atoms with E-state index in [1.807, 2.05) is 0 Å². The molecule has 0 aliphatic rings. The highest BCUT2D eigenvalue weighted by atomic mass is 35.5. The maximum atomic E-state index is 9.36. The highest BCUT2D eigenvalue weighted by molar-refractivity contribution is 6.61. The van der Waals surface area contributed by atoms with Gasteiger partial charge >= 0.3 is 5.43 Å². The normalized spacial score (nSPS) is 12.6. The van der Waals surface area contributed by atoms with Crippen LogP contribution in [0.2, 0.25) is 0 Å². The Morgan fingerprint density at radius 3 is 1.83 bits per heavy atom. The number of ether oxygens (including phenoxy) is 1. The minimum atomic E-state index is -0.773. The average Bonchev–Trinajstić information content (AvgIpc) is 1.87. The van der Waals surface area contributed by atoms with E-state index in [0.717, 1.165) is 0 Å². The molecule has 0 fully saturated rings. The number of carbonyl (C=O) groups is 1. The minimum Gasteiger partial charge on any atom is -0.457 e. The Kier molecular flexibility index (Phi) is 7.37. The van der Waals surface area contributed by atoms with Crippen molar-refractivity contribution in [2.24, 2.45) is 5.73 Å². The van der Waals surface area contributed by atoms with E-state index in [0.29, 0.717) is 0 Å². The second-order valence-corrected chi connectivity index (χ2v) is 3.19. The van der Waals surface area contributed by atoms with Crippen LogP contribution >= 0.6 is 11.6 Å². The van der Waals surface area contributed by atoms with E-state index in [4.69, 9.17) is 10.8 Å². The third kappa shape index (κ3) is 12.4. The van der Waals surface area contributed by atoms with Crippen molar-refractivity contribution in [3.8, 4) is 0 Å². The topological polar surface area (TPSA) is 72.5 Å². The predicted octanol–water partition coefficient (Wildman–Crippen LogP) is 1.10. The Bertz CT molecular complexity index is 131. The van der Waals surface area contributed by atoms with Crippen molar-refractivity contribution in [2.45, 2.75) is 32.4 Å². The van der Waals surface area contributed by atoms with Crippen molar-refractivity contribution in [1.82, 2.24) is 0 Å². The smallest absolute Gasteiger partial charge is 0.403 e. The molecule has 0 aromatic rings. The van der Waals surface area contributed by atoms with Crippen LogP contribution in [0.4, 0.5) is 4.79 Å². The van der Waals surface area contributed by atoms with Crippen LogP contribution in [0.5, 0.6) is 0 Å². The Balaban J connectivity index is 0. The summed E-state index contributed by atoms with van der Waals surface area (Å²) in [6.07, 6.45) is 0. The monoisotopic (exact) mass is 197 g/mol. The van der Waals surface area contributed by atoms with Gasteiger partial charge in [-0.3, -0.25) is 0 Å². The second kappa shape index (κ2) is 6.22. The van der Waals surface area contributed by atoms with Crippen LogP contribution in [0.25, 0.3) is 0 Å². The van der Waals surface area contributed by atoms with Crippen molar-refractivity contribution in [1.29, 1.82) is 0 Å². The van der Waals surface area contributed by atoms with Gasteiger partial charge in [0.15, 0.2) is 0 Å². The standard InChI is InChI=1S/C5H13NO.C2H3ClO2/c1-4(6)5(2,3)7;1-5-2(3)4/h4,7H,6H2,1-3H3;1H3/t4-;/m0./s1. The SMILES string of the molecule is COC(=O)Cl.C[C@H](N)C(C)(C)O. The van der Waals surface area contributed by atoms with Gasteiger partial charge in [0.05, 0.1) is 12.7 Å². The fraction of sp³-hybridized carbons (Fsp3) is 0.857. The third-order valence-corrected chi connectivity index (χ3v) is 1.43. The van der Waals surface area contributed by atoms with E-state index < -0.39 is 11.0 Å². The van der Waals surface area contributed by atoms with Gasteiger partial charge in [0.2, 0.25) is 0 Å². The lowest BCUT2D eigenvalue weighted by atomic mass is 10.0. The van der Waals surface area contributed by atoms with Gasteiger partial charge in [0, 0.05) is 17.6 Å². The number of hydrogen-bond acceptors (Lipinski definition) is 4. The molecule has 4 nitrogen and oxygen atoms in total. The van der Waals surface area contributed by atoms with Crippen LogP contribution in [0.15, 0.2) is 0 Å². The molecule has 0 spiro atoms. The zero-order valence-corrected chi connectivity index (χ0v) is 8.55. The lowest BCUT2D eigenvalue weighted by molar-refractivity contribution is 0.0582. The fourth-order valence-corrected chi connectivity index (χ4v) is 0. The largest absolute Gasteiger partial charge is 0.457 e. The molecule has 12 heavy (non-hydrogen) atoms. The summed E-state index contributed by atoms with van der Waals surface area (Å²) in [5.41, 5.74) is 3.82. The molecule has 5 heteroatoms. The van der Waals surface area contributed by atoms with Gasteiger partial charge in [-0.05, 0) is 20.8 Å². The Hall–Kier alpha value is -0.320. The molecule has 0 aromatic carbocycles. The first-order chi connectivity index (χ1) is 5.21. The van der Waals surface area contributed by atoms with E-state index in [-0.39, 0.29) is 6.04 Å². The number of carbonyl (C=O) groups excluding carboxylic acids is 1. The third-order valence-electron chi connectivity index (χ3n) is 1.27. The molecule has 1 atom stereocenters. The zero-order valence-electron chi connectivity index (χ0n) is 7.80. The summed E-state index contributed by atoms with van der Waals surface area (Å²) in [5.74, 6) is 0. The molecule has 0 bridgehead atoms. The first-order valence-electron chi connectivity index (χ1n) is 3.43. The number of nitrogens with two attached hydrogens (primary N) is 1. The molecule has 0 saturated carbocycles. The number of hydrogen-bond donors (Lipinski definition) is 2. The minimum absolute atomic E-state index is 0.146. The molecule has 3 N–H and O–H groups in total. The molecule has 0 heterocycles. The van der Waals surface area contributed by atoms with E-state index in [1.54, 1.807) is 20.8 Å². The second-order valence-electron chi connectivity index (χ2n) is 2.88. The summed E-state index contributed by atoms with van der Waals surface area (Å²) in [6, 6.07) is -0.146. The molecule has 74 valence electrons. The summed E-state index contributed by atoms with van der Waals surface area (Å²) in [7, 11) is 1.22. The Morgan fingerprint density at radius 1 is 1.67 bits per heavy atom. The zero-order chi connectivity index (χ0) is 10.4. The molecular weight excluding hydrogens is 182 g/mol. The van der Waals surface area contributed by atoms with E-state index in [2.05, 4.69) is 16.3 Å². The van der Waals surface area contributed by atoms with Crippen LogP contribution in [0.1, 0.15) is 20.8 Å². The van der Waals surface area contributed by atoms with Gasteiger partial charge in [-0.25, -0.2) is 4.79 Å². The number of halogens is 1. The van der Waals surface area contributed by atoms with Gasteiger partial charge in [0.25, 0.3) is 0 Å². The van der Waals surface area contributed by atoms with Crippen molar-refractivity contribution in [2.75, 3.05) is 7.11 Å². The van der Waals surface area contributed by atoms with Gasteiger partial charge in [-0.15, -0.1) is 0 Å². The van der Waals surface area contributed by atoms with Gasteiger partial charge in [-0.1, -0.05) is 0 Å². The predicted molar refractivity (Wildman–Crippen MR) is 48.2 cm³/mol. The van der Waals surface area contributed by atoms with E-state index in [1.165, 1.54) is 7.11 Å². The van der Waals surface area contributed by atoms with E-state index in [9.17, 15) is 4.79 Å². The van der Waals surface area contributed by atoms with E-state index >= 15 is 0 Å². The Labute approximate surface area is 77.6 Å². The van der Waals surface area contributed by atoms with Crippen LogP contribution < -0.4 is 5.73 Å². The molecule has 0 aliphatic carbocycles. The maximum absolute atomic E-state index is 9.36. The summed E-state index contributed by atoms with van der Waals surface area (Å²) in [4.78, 5) is 9.36.